The molecule has 25 heavy (non-hydrogen) atoms. The number of ether oxygens (including phenoxy) is 1. The smallest absolute Gasteiger partial charge is 0.326 e. The van der Waals surface area contributed by atoms with E-state index in [2.05, 4.69) is 0 Å². The van der Waals surface area contributed by atoms with Crippen molar-refractivity contribution in [2.24, 2.45) is 0 Å². The Labute approximate surface area is 143 Å². The number of amides is 1. The first-order valence-electron chi connectivity index (χ1n) is 7.89. The molecule has 2 heterocycles. The number of carboxylic acid groups (broad SMARTS) is 1. The number of aldehydes is 1. The monoisotopic (exact) mass is 343 g/mol. The minimum Gasteiger partial charge on any atom is -0.486 e. The molecule has 130 valence electrons. The molecule has 0 aliphatic carbocycles. The number of hydrogen-bond acceptors (Lipinski definition) is 5. The summed E-state index contributed by atoms with van der Waals surface area (Å²) in [6, 6.07) is 8.96. The fourth-order valence-electron chi connectivity index (χ4n) is 2.78. The molecule has 1 saturated heterocycles. The second kappa shape index (κ2) is 7.21. The van der Waals surface area contributed by atoms with Gasteiger partial charge in [0.05, 0.1) is 0 Å². The van der Waals surface area contributed by atoms with E-state index >= 15 is 0 Å². The third-order valence-electron chi connectivity index (χ3n) is 4.07. The van der Waals surface area contributed by atoms with Gasteiger partial charge in [0.25, 0.3) is 5.91 Å². The van der Waals surface area contributed by atoms with E-state index < -0.39 is 17.9 Å². The molecule has 1 atom stereocenters. The summed E-state index contributed by atoms with van der Waals surface area (Å²) in [5, 5.41) is 9.17. The van der Waals surface area contributed by atoms with Crippen molar-refractivity contribution in [1.29, 1.82) is 0 Å². The number of nitrogens with zero attached hydrogens (tertiary/aromatic N) is 1. The number of rotatable bonds is 6. The zero-order valence-corrected chi connectivity index (χ0v) is 13.4. The Kier molecular flexibility index (Phi) is 4.83. The van der Waals surface area contributed by atoms with E-state index in [9.17, 15) is 14.4 Å². The Balaban J connectivity index is 1.62. The summed E-state index contributed by atoms with van der Waals surface area (Å²) in [5.41, 5.74) is 0.553. The van der Waals surface area contributed by atoms with Crippen molar-refractivity contribution in [1.82, 2.24) is 4.90 Å². The fourth-order valence-corrected chi connectivity index (χ4v) is 2.78. The highest BCUT2D eigenvalue weighted by Gasteiger charge is 2.35. The van der Waals surface area contributed by atoms with Crippen LogP contribution in [0.4, 0.5) is 0 Å². The second-order valence-electron chi connectivity index (χ2n) is 5.74. The van der Waals surface area contributed by atoms with Gasteiger partial charge in [0, 0.05) is 12.1 Å². The molecule has 1 unspecified atom stereocenters. The number of benzene rings is 1. The average molecular weight is 343 g/mol. The molecular weight excluding hydrogens is 326 g/mol. The predicted molar refractivity (Wildman–Crippen MR) is 86.6 cm³/mol. The summed E-state index contributed by atoms with van der Waals surface area (Å²) >= 11 is 0. The molecule has 7 heteroatoms. The number of carbonyl (C=O) groups excluding carboxylic acids is 2. The molecule has 3 rings (SSSR count). The van der Waals surface area contributed by atoms with Gasteiger partial charge in [-0.1, -0.05) is 0 Å². The van der Waals surface area contributed by atoms with Gasteiger partial charge >= 0.3 is 5.97 Å². The summed E-state index contributed by atoms with van der Waals surface area (Å²) < 4.78 is 11.0. The largest absolute Gasteiger partial charge is 0.486 e. The lowest BCUT2D eigenvalue weighted by molar-refractivity contribution is -0.141. The minimum atomic E-state index is -1.00. The number of hydrogen-bond donors (Lipinski definition) is 1. The van der Waals surface area contributed by atoms with E-state index in [1.807, 2.05) is 0 Å². The van der Waals surface area contributed by atoms with Crippen LogP contribution >= 0.6 is 0 Å². The maximum absolute atomic E-state index is 12.4. The highest BCUT2D eigenvalue weighted by molar-refractivity contribution is 5.94. The lowest BCUT2D eigenvalue weighted by Crippen LogP contribution is -2.40. The average Bonchev–Trinajstić information content (AvgIpc) is 3.29. The minimum absolute atomic E-state index is 0.100. The highest BCUT2D eigenvalue weighted by Crippen LogP contribution is 2.22. The fraction of sp³-hybridized carbons (Fsp3) is 0.278. The van der Waals surface area contributed by atoms with Crippen LogP contribution in [-0.2, 0) is 11.4 Å². The summed E-state index contributed by atoms with van der Waals surface area (Å²) in [4.78, 5) is 35.5. The zero-order valence-electron chi connectivity index (χ0n) is 13.4. The van der Waals surface area contributed by atoms with E-state index in [1.165, 1.54) is 11.0 Å². The van der Waals surface area contributed by atoms with E-state index in [4.69, 9.17) is 14.3 Å². The molecule has 7 nitrogen and oxygen atoms in total. The Bertz CT molecular complexity index is 779. The summed E-state index contributed by atoms with van der Waals surface area (Å²) in [5.74, 6) is -0.302. The predicted octanol–water partition coefficient (Wildman–Crippen LogP) is 2.36. The third-order valence-corrected chi connectivity index (χ3v) is 4.07. The van der Waals surface area contributed by atoms with Gasteiger partial charge in [-0.25, -0.2) is 4.79 Å². The summed E-state index contributed by atoms with van der Waals surface area (Å²) in [7, 11) is 0. The maximum Gasteiger partial charge on any atom is 0.326 e. The highest BCUT2D eigenvalue weighted by atomic mass is 16.5. The van der Waals surface area contributed by atoms with Gasteiger partial charge in [-0.3, -0.25) is 9.59 Å². The Morgan fingerprint density at radius 1 is 1.24 bits per heavy atom. The number of carboxylic acids is 1. The van der Waals surface area contributed by atoms with Gasteiger partial charge in [-0.05, 0) is 49.2 Å². The first-order chi connectivity index (χ1) is 12.1. The molecule has 2 aromatic rings. The van der Waals surface area contributed by atoms with E-state index in [-0.39, 0.29) is 12.4 Å². The van der Waals surface area contributed by atoms with E-state index in [0.717, 1.165) is 6.29 Å². The normalized spacial score (nSPS) is 16.6. The van der Waals surface area contributed by atoms with Gasteiger partial charge in [0.15, 0.2) is 5.76 Å². The SMILES string of the molecule is O=Cc1ccc(OCc2ccc(C(=O)N3CCCC3C(=O)O)o2)cc1. The van der Waals surface area contributed by atoms with Crippen molar-refractivity contribution in [3.63, 3.8) is 0 Å². The zero-order chi connectivity index (χ0) is 17.8. The van der Waals surface area contributed by atoms with Crippen LogP contribution in [-0.4, -0.2) is 40.8 Å². The first kappa shape index (κ1) is 16.8. The van der Waals surface area contributed by atoms with Crippen LogP contribution in [0.2, 0.25) is 0 Å². The molecule has 0 radical (unpaired) electrons. The second-order valence-corrected chi connectivity index (χ2v) is 5.74. The van der Waals surface area contributed by atoms with Crippen LogP contribution in [0.5, 0.6) is 5.75 Å². The molecule has 0 bridgehead atoms. The Morgan fingerprint density at radius 2 is 2.00 bits per heavy atom. The van der Waals surface area contributed by atoms with Crippen LogP contribution in [0.15, 0.2) is 40.8 Å². The maximum atomic E-state index is 12.4. The molecule has 1 aromatic heterocycles. The van der Waals surface area contributed by atoms with Crippen molar-refractivity contribution in [2.45, 2.75) is 25.5 Å². The number of likely N-dealkylation sites (tertiary alicyclic amines) is 1. The Hall–Kier alpha value is -3.09. The molecule has 1 N–H and O–H groups in total. The van der Waals surface area contributed by atoms with Crippen LogP contribution in [0.1, 0.15) is 39.5 Å². The summed E-state index contributed by atoms with van der Waals surface area (Å²) in [6.07, 6.45) is 1.86. The van der Waals surface area contributed by atoms with Gasteiger partial charge in [0.2, 0.25) is 0 Å². The van der Waals surface area contributed by atoms with E-state index in [1.54, 1.807) is 30.3 Å². The van der Waals surface area contributed by atoms with Crippen molar-refractivity contribution in [3.05, 3.63) is 53.5 Å². The molecule has 1 aliphatic rings. The molecule has 0 spiro atoms. The van der Waals surface area contributed by atoms with E-state index in [0.29, 0.717) is 36.5 Å². The topological polar surface area (TPSA) is 97.1 Å². The van der Waals surface area contributed by atoms with Crippen molar-refractivity contribution in [2.75, 3.05) is 6.54 Å². The van der Waals surface area contributed by atoms with Gasteiger partial charge in [-0.15, -0.1) is 0 Å². The number of furan rings is 1. The van der Waals surface area contributed by atoms with Crippen molar-refractivity contribution in [3.8, 4) is 5.75 Å². The first-order valence-corrected chi connectivity index (χ1v) is 7.89. The van der Waals surface area contributed by atoms with Crippen LogP contribution < -0.4 is 4.74 Å². The Morgan fingerprint density at radius 3 is 2.68 bits per heavy atom. The number of aliphatic carboxylic acids is 1. The molecule has 1 aromatic carbocycles. The standard InChI is InChI=1S/C18H17NO6/c20-10-12-3-5-13(6-4-12)24-11-14-7-8-16(25-14)17(21)19-9-1-2-15(19)18(22)23/h3-8,10,15H,1-2,9,11H2,(H,22,23). The summed E-state index contributed by atoms with van der Waals surface area (Å²) in [6.45, 7) is 0.529. The van der Waals surface area contributed by atoms with Crippen LogP contribution in [0, 0.1) is 0 Å². The van der Waals surface area contributed by atoms with Crippen LogP contribution in [0.25, 0.3) is 0 Å². The van der Waals surface area contributed by atoms with Crippen LogP contribution in [0.3, 0.4) is 0 Å². The molecule has 1 aliphatic heterocycles. The number of carbonyl (C=O) groups is 3. The van der Waals surface area contributed by atoms with Gasteiger partial charge in [-0.2, -0.15) is 0 Å². The molecular formula is C18H17NO6. The lowest BCUT2D eigenvalue weighted by atomic mass is 10.2. The van der Waals surface area contributed by atoms with Gasteiger partial charge < -0.3 is 19.2 Å². The third kappa shape index (κ3) is 3.71. The molecule has 1 amide bonds. The van der Waals surface area contributed by atoms with Crippen molar-refractivity contribution >= 4 is 18.2 Å². The van der Waals surface area contributed by atoms with Gasteiger partial charge in [0.1, 0.15) is 30.4 Å². The quantitative estimate of drug-likeness (QED) is 0.809. The molecule has 1 fully saturated rings. The lowest BCUT2D eigenvalue weighted by Gasteiger charge is -2.19. The van der Waals surface area contributed by atoms with Crippen molar-refractivity contribution < 1.29 is 28.6 Å². The molecule has 0 saturated carbocycles.